The van der Waals surface area contributed by atoms with Crippen LogP contribution < -0.4 is 10.5 Å². The smallest absolute Gasteiger partial charge is 0.291 e. The number of hydrogen-bond acceptors (Lipinski definition) is 6. The Hall–Kier alpha value is -1.71. The molecule has 1 aliphatic rings. The van der Waals surface area contributed by atoms with Crippen molar-refractivity contribution in [2.45, 2.75) is 29.8 Å². The summed E-state index contributed by atoms with van der Waals surface area (Å²) in [6.45, 7) is 0.0906. The van der Waals surface area contributed by atoms with Crippen LogP contribution in [0.25, 0.3) is 0 Å². The van der Waals surface area contributed by atoms with E-state index < -0.39 is 31.1 Å². The third kappa shape index (κ3) is 3.14. The van der Waals surface area contributed by atoms with Crippen molar-refractivity contribution in [1.29, 1.82) is 0 Å². The van der Waals surface area contributed by atoms with Gasteiger partial charge in [0.05, 0.1) is 10.5 Å². The van der Waals surface area contributed by atoms with Crippen LogP contribution in [0.3, 0.4) is 0 Å². The molecular weight excluding hydrogens is 298 g/mol. The lowest BCUT2D eigenvalue weighted by atomic mass is 9.80. The van der Waals surface area contributed by atoms with Gasteiger partial charge in [0, 0.05) is 25.4 Å². The SMILES string of the molecule is COC1(CNS(=O)(=O)c2ccc(N)cc2[N+](=O)[O-])CCC1. The number of anilines is 1. The molecule has 3 N–H and O–H groups in total. The maximum atomic E-state index is 12.3. The fraction of sp³-hybridized carbons (Fsp3) is 0.500. The average molecular weight is 315 g/mol. The van der Waals surface area contributed by atoms with Gasteiger partial charge in [0.25, 0.3) is 5.69 Å². The highest BCUT2D eigenvalue weighted by Gasteiger charge is 2.38. The standard InChI is InChI=1S/C12H17N3O5S/c1-20-12(5-2-6-12)8-14-21(18,19)11-4-3-9(13)7-10(11)15(16)17/h3-4,7,14H,2,5-6,8,13H2,1H3. The summed E-state index contributed by atoms with van der Waals surface area (Å²) >= 11 is 0. The van der Waals surface area contributed by atoms with Gasteiger partial charge in [0.15, 0.2) is 4.90 Å². The lowest BCUT2D eigenvalue weighted by molar-refractivity contribution is -0.387. The zero-order chi connectivity index (χ0) is 15.7. The largest absolute Gasteiger partial charge is 0.399 e. The van der Waals surface area contributed by atoms with Gasteiger partial charge >= 0.3 is 0 Å². The Bertz CT molecular complexity index is 649. The van der Waals surface area contributed by atoms with Gasteiger partial charge in [-0.25, -0.2) is 13.1 Å². The number of nitrogens with two attached hydrogens (primary N) is 1. The molecule has 1 aliphatic carbocycles. The van der Waals surface area contributed by atoms with E-state index in [9.17, 15) is 18.5 Å². The molecule has 1 fully saturated rings. The van der Waals surface area contributed by atoms with Crippen molar-refractivity contribution < 1.29 is 18.1 Å². The Balaban J connectivity index is 2.25. The van der Waals surface area contributed by atoms with Gasteiger partial charge in [-0.2, -0.15) is 0 Å². The number of benzene rings is 1. The molecule has 116 valence electrons. The quantitative estimate of drug-likeness (QED) is 0.459. The molecule has 0 unspecified atom stereocenters. The van der Waals surface area contributed by atoms with Crippen LogP contribution in [-0.2, 0) is 14.8 Å². The van der Waals surface area contributed by atoms with E-state index in [2.05, 4.69) is 4.72 Å². The van der Waals surface area contributed by atoms with Crippen LogP contribution in [0, 0.1) is 10.1 Å². The molecule has 2 rings (SSSR count). The fourth-order valence-electron chi connectivity index (χ4n) is 2.23. The summed E-state index contributed by atoms with van der Waals surface area (Å²) in [5, 5.41) is 11.0. The predicted octanol–water partition coefficient (Wildman–Crippen LogP) is 1.02. The predicted molar refractivity (Wildman–Crippen MR) is 76.3 cm³/mol. The van der Waals surface area contributed by atoms with Gasteiger partial charge in [-0.3, -0.25) is 10.1 Å². The number of nitrogens with zero attached hydrogens (tertiary/aromatic N) is 1. The third-order valence-corrected chi connectivity index (χ3v) is 5.20. The summed E-state index contributed by atoms with van der Waals surface area (Å²) in [5.41, 5.74) is 4.55. The van der Waals surface area contributed by atoms with Crippen LogP contribution in [0.15, 0.2) is 23.1 Å². The second kappa shape index (κ2) is 5.58. The van der Waals surface area contributed by atoms with Crippen LogP contribution in [0.2, 0.25) is 0 Å². The number of rotatable bonds is 6. The Labute approximate surface area is 122 Å². The molecule has 8 nitrogen and oxygen atoms in total. The molecule has 9 heteroatoms. The fourth-order valence-corrected chi connectivity index (χ4v) is 3.50. The van der Waals surface area contributed by atoms with Crippen molar-refractivity contribution in [3.05, 3.63) is 28.3 Å². The minimum atomic E-state index is -4.00. The maximum Gasteiger partial charge on any atom is 0.291 e. The topological polar surface area (TPSA) is 125 Å². The maximum absolute atomic E-state index is 12.3. The minimum Gasteiger partial charge on any atom is -0.399 e. The number of hydrogen-bond donors (Lipinski definition) is 2. The first-order valence-electron chi connectivity index (χ1n) is 6.38. The van der Waals surface area contributed by atoms with Gasteiger partial charge < -0.3 is 10.5 Å². The van der Waals surface area contributed by atoms with Crippen molar-refractivity contribution in [2.24, 2.45) is 0 Å². The van der Waals surface area contributed by atoms with E-state index in [1.165, 1.54) is 13.2 Å². The molecule has 1 saturated carbocycles. The normalized spacial score (nSPS) is 17.2. The van der Waals surface area contributed by atoms with E-state index in [-0.39, 0.29) is 12.2 Å². The third-order valence-electron chi connectivity index (χ3n) is 3.75. The van der Waals surface area contributed by atoms with E-state index in [4.69, 9.17) is 10.5 Å². The second-order valence-electron chi connectivity index (χ2n) is 5.05. The molecule has 0 atom stereocenters. The minimum absolute atomic E-state index is 0.0906. The van der Waals surface area contributed by atoms with Crippen LogP contribution in [-0.4, -0.2) is 32.6 Å². The first-order chi connectivity index (χ1) is 9.80. The van der Waals surface area contributed by atoms with Crippen LogP contribution in [0.4, 0.5) is 11.4 Å². The van der Waals surface area contributed by atoms with Crippen LogP contribution >= 0.6 is 0 Å². The Kier molecular flexibility index (Phi) is 4.17. The molecule has 0 aliphatic heterocycles. The molecule has 0 heterocycles. The van der Waals surface area contributed by atoms with E-state index in [0.29, 0.717) is 0 Å². The summed E-state index contributed by atoms with van der Waals surface area (Å²) in [4.78, 5) is 9.82. The molecule has 0 radical (unpaired) electrons. The first-order valence-corrected chi connectivity index (χ1v) is 7.87. The van der Waals surface area contributed by atoms with Gasteiger partial charge in [-0.15, -0.1) is 0 Å². The van der Waals surface area contributed by atoms with E-state index >= 15 is 0 Å². The monoisotopic (exact) mass is 315 g/mol. The lowest BCUT2D eigenvalue weighted by Gasteiger charge is -2.40. The number of sulfonamides is 1. The highest BCUT2D eigenvalue weighted by molar-refractivity contribution is 7.89. The van der Waals surface area contributed by atoms with Crippen molar-refractivity contribution in [2.75, 3.05) is 19.4 Å². The van der Waals surface area contributed by atoms with Gasteiger partial charge in [-0.05, 0) is 31.4 Å². The number of nitrogens with one attached hydrogen (secondary N) is 1. The van der Waals surface area contributed by atoms with Crippen molar-refractivity contribution in [3.63, 3.8) is 0 Å². The number of nitro groups is 1. The summed E-state index contributed by atoms with van der Waals surface area (Å²) in [7, 11) is -2.47. The summed E-state index contributed by atoms with van der Waals surface area (Å²) in [6.07, 6.45) is 2.49. The number of ether oxygens (including phenoxy) is 1. The summed E-state index contributed by atoms with van der Waals surface area (Å²) < 4.78 is 32.2. The highest BCUT2D eigenvalue weighted by atomic mass is 32.2. The molecule has 21 heavy (non-hydrogen) atoms. The molecule has 0 amide bonds. The second-order valence-corrected chi connectivity index (χ2v) is 6.78. The van der Waals surface area contributed by atoms with E-state index in [1.54, 1.807) is 0 Å². The molecule has 1 aromatic carbocycles. The molecule has 0 bridgehead atoms. The molecule has 0 spiro atoms. The summed E-state index contributed by atoms with van der Waals surface area (Å²) in [6, 6.07) is 3.48. The zero-order valence-corrected chi connectivity index (χ0v) is 12.4. The average Bonchev–Trinajstić information content (AvgIpc) is 2.37. The summed E-state index contributed by atoms with van der Waals surface area (Å²) in [5.74, 6) is 0. The Morgan fingerprint density at radius 2 is 2.14 bits per heavy atom. The number of nitrogen functional groups attached to an aromatic ring is 1. The van der Waals surface area contributed by atoms with Gasteiger partial charge in [-0.1, -0.05) is 0 Å². The van der Waals surface area contributed by atoms with Crippen molar-refractivity contribution >= 4 is 21.4 Å². The van der Waals surface area contributed by atoms with Crippen LogP contribution in [0.5, 0.6) is 0 Å². The first kappa shape index (κ1) is 15.7. The van der Waals surface area contributed by atoms with Gasteiger partial charge in [0.2, 0.25) is 10.0 Å². The Morgan fingerprint density at radius 3 is 2.62 bits per heavy atom. The zero-order valence-electron chi connectivity index (χ0n) is 11.5. The van der Waals surface area contributed by atoms with E-state index in [0.717, 1.165) is 31.4 Å². The van der Waals surface area contributed by atoms with Gasteiger partial charge in [0.1, 0.15) is 0 Å². The van der Waals surface area contributed by atoms with Crippen molar-refractivity contribution in [1.82, 2.24) is 4.72 Å². The highest BCUT2D eigenvalue weighted by Crippen LogP contribution is 2.35. The lowest BCUT2D eigenvalue weighted by Crippen LogP contribution is -2.49. The number of methoxy groups -OCH3 is 1. The number of nitro benzene ring substituents is 1. The molecule has 1 aromatic rings. The van der Waals surface area contributed by atoms with E-state index in [1.807, 2.05) is 0 Å². The molecule has 0 aromatic heterocycles. The molecule has 0 saturated heterocycles. The Morgan fingerprint density at radius 1 is 1.48 bits per heavy atom. The molecular formula is C12H17N3O5S. The van der Waals surface area contributed by atoms with Crippen LogP contribution in [0.1, 0.15) is 19.3 Å². The van der Waals surface area contributed by atoms with Crippen molar-refractivity contribution in [3.8, 4) is 0 Å².